The Hall–Kier alpha value is -2.55. The molecule has 2 atom stereocenters. The summed E-state index contributed by atoms with van der Waals surface area (Å²) in [5.41, 5.74) is 0.335. The van der Waals surface area contributed by atoms with E-state index in [0.29, 0.717) is 11.3 Å². The number of likely N-dealkylation sites (tertiary alicyclic amines) is 1. The number of rotatable bonds is 5. The number of esters is 1. The van der Waals surface area contributed by atoms with Crippen LogP contribution in [0.4, 0.5) is 0 Å². The van der Waals surface area contributed by atoms with Crippen LogP contribution in [0.3, 0.4) is 0 Å². The average molecular weight is 330 g/mol. The Labute approximate surface area is 142 Å². The normalized spacial score (nSPS) is 20.1. The smallest absolute Gasteiger partial charge is 0.339 e. The molecule has 0 N–H and O–H groups in total. The first-order valence-electron chi connectivity index (χ1n) is 8.11. The third-order valence-electron chi connectivity index (χ3n) is 4.20. The van der Waals surface area contributed by atoms with Crippen molar-refractivity contribution in [2.45, 2.75) is 45.2 Å². The molecule has 0 aliphatic carbocycles. The van der Waals surface area contributed by atoms with E-state index in [1.807, 2.05) is 4.90 Å². The van der Waals surface area contributed by atoms with Crippen molar-refractivity contribution in [3.63, 3.8) is 0 Å². The molecule has 0 aromatic heterocycles. The molecule has 0 spiro atoms. The number of hydrogen-bond donors (Lipinski definition) is 0. The first-order valence-corrected chi connectivity index (χ1v) is 8.11. The van der Waals surface area contributed by atoms with E-state index in [4.69, 9.17) is 14.7 Å². The number of amides is 1. The molecule has 1 aliphatic heterocycles. The zero-order valence-electron chi connectivity index (χ0n) is 14.0. The Bertz CT molecular complexity index is 611. The summed E-state index contributed by atoms with van der Waals surface area (Å²) < 4.78 is 10.3. The number of carbonyl (C=O) groups excluding carboxylic acids is 2. The quantitative estimate of drug-likeness (QED) is 0.775. The molecule has 1 amide bonds. The number of benzene rings is 1. The van der Waals surface area contributed by atoms with Gasteiger partial charge in [-0.25, -0.2) is 4.79 Å². The van der Waals surface area contributed by atoms with Crippen molar-refractivity contribution in [2.75, 3.05) is 13.2 Å². The molecule has 0 bridgehead atoms. The van der Waals surface area contributed by atoms with E-state index >= 15 is 0 Å². The molecule has 1 fully saturated rings. The molecule has 0 saturated carbocycles. The summed E-state index contributed by atoms with van der Waals surface area (Å²) in [6.45, 7) is 3.83. The zero-order chi connectivity index (χ0) is 17.5. The SMILES string of the molecule is C[C@@H]1CCC[C@H](C)N1C(=O)COc1ccc(C(=O)OCC#N)cc1. The highest BCUT2D eigenvalue weighted by atomic mass is 16.5. The fourth-order valence-corrected chi connectivity index (χ4v) is 3.00. The van der Waals surface area contributed by atoms with Crippen LogP contribution in [-0.2, 0) is 9.53 Å². The summed E-state index contributed by atoms with van der Waals surface area (Å²) in [4.78, 5) is 25.9. The molecule has 24 heavy (non-hydrogen) atoms. The molecule has 0 radical (unpaired) electrons. The van der Waals surface area contributed by atoms with Crippen molar-refractivity contribution >= 4 is 11.9 Å². The van der Waals surface area contributed by atoms with Gasteiger partial charge in [-0.3, -0.25) is 4.79 Å². The minimum atomic E-state index is -0.560. The van der Waals surface area contributed by atoms with Gasteiger partial charge in [0.15, 0.2) is 13.2 Å². The van der Waals surface area contributed by atoms with Crippen molar-refractivity contribution in [3.8, 4) is 11.8 Å². The highest BCUT2D eigenvalue weighted by Crippen LogP contribution is 2.23. The standard InChI is InChI=1S/C18H22N2O4/c1-13-4-3-5-14(2)20(13)17(21)12-24-16-8-6-15(7-9-16)18(22)23-11-10-19/h6-9,13-14H,3-5,11-12H2,1-2H3/t13-,14+. The summed E-state index contributed by atoms with van der Waals surface area (Å²) in [5.74, 6) is -0.0696. The van der Waals surface area contributed by atoms with E-state index in [2.05, 4.69) is 13.8 Å². The lowest BCUT2D eigenvalue weighted by molar-refractivity contribution is -0.139. The first-order chi connectivity index (χ1) is 11.5. The lowest BCUT2D eigenvalue weighted by Gasteiger charge is -2.38. The molecule has 128 valence electrons. The van der Waals surface area contributed by atoms with Crippen LogP contribution in [0.25, 0.3) is 0 Å². The lowest BCUT2D eigenvalue weighted by atomic mass is 9.97. The largest absolute Gasteiger partial charge is 0.484 e. The van der Waals surface area contributed by atoms with Gasteiger partial charge >= 0.3 is 5.97 Å². The predicted octanol–water partition coefficient (Wildman–Crippen LogP) is 2.54. The van der Waals surface area contributed by atoms with E-state index in [9.17, 15) is 9.59 Å². The molecule has 2 rings (SSSR count). The highest BCUT2D eigenvalue weighted by Gasteiger charge is 2.28. The van der Waals surface area contributed by atoms with Crippen LogP contribution in [-0.4, -0.2) is 42.1 Å². The van der Waals surface area contributed by atoms with Gasteiger partial charge in [0.1, 0.15) is 11.8 Å². The first kappa shape index (κ1) is 17.8. The van der Waals surface area contributed by atoms with Crippen molar-refractivity contribution in [2.24, 2.45) is 0 Å². The van der Waals surface area contributed by atoms with Crippen molar-refractivity contribution in [3.05, 3.63) is 29.8 Å². The second-order valence-corrected chi connectivity index (χ2v) is 5.98. The van der Waals surface area contributed by atoms with Gasteiger partial charge in [0, 0.05) is 12.1 Å². The van der Waals surface area contributed by atoms with E-state index in [0.717, 1.165) is 19.3 Å². The van der Waals surface area contributed by atoms with Gasteiger partial charge in [0.05, 0.1) is 5.56 Å². The molecule has 1 heterocycles. The maximum absolute atomic E-state index is 12.4. The van der Waals surface area contributed by atoms with Crippen LogP contribution >= 0.6 is 0 Å². The number of nitrogens with zero attached hydrogens (tertiary/aromatic N) is 2. The van der Waals surface area contributed by atoms with Gasteiger partial charge < -0.3 is 14.4 Å². The maximum atomic E-state index is 12.4. The Morgan fingerprint density at radius 3 is 2.42 bits per heavy atom. The summed E-state index contributed by atoms with van der Waals surface area (Å²) in [7, 11) is 0. The van der Waals surface area contributed by atoms with E-state index < -0.39 is 5.97 Å². The molecular formula is C18H22N2O4. The predicted molar refractivity (Wildman–Crippen MR) is 87.5 cm³/mol. The fourth-order valence-electron chi connectivity index (χ4n) is 3.00. The number of nitriles is 1. The Balaban J connectivity index is 1.89. The Morgan fingerprint density at radius 1 is 1.21 bits per heavy atom. The summed E-state index contributed by atoms with van der Waals surface area (Å²) >= 11 is 0. The zero-order valence-corrected chi connectivity index (χ0v) is 14.0. The van der Waals surface area contributed by atoms with Crippen molar-refractivity contribution in [1.29, 1.82) is 5.26 Å². The van der Waals surface area contributed by atoms with Gasteiger partial charge in [-0.1, -0.05) is 0 Å². The van der Waals surface area contributed by atoms with E-state index in [1.165, 1.54) is 0 Å². The average Bonchev–Trinajstić information content (AvgIpc) is 2.58. The topological polar surface area (TPSA) is 79.6 Å². The maximum Gasteiger partial charge on any atom is 0.339 e. The molecule has 1 saturated heterocycles. The molecule has 6 heteroatoms. The summed E-state index contributed by atoms with van der Waals surface area (Å²) in [6.07, 6.45) is 3.20. The Kier molecular flexibility index (Phi) is 6.19. The molecule has 1 aromatic carbocycles. The monoisotopic (exact) mass is 330 g/mol. The second kappa shape index (κ2) is 8.34. The van der Waals surface area contributed by atoms with Crippen molar-refractivity contribution in [1.82, 2.24) is 4.90 Å². The minimum absolute atomic E-state index is 0.0209. The molecule has 6 nitrogen and oxygen atoms in total. The molecule has 1 aromatic rings. The summed E-state index contributed by atoms with van der Waals surface area (Å²) in [6, 6.07) is 8.53. The van der Waals surface area contributed by atoms with Gasteiger partial charge in [-0.05, 0) is 57.4 Å². The number of piperidine rings is 1. The Morgan fingerprint density at radius 2 is 1.83 bits per heavy atom. The summed E-state index contributed by atoms with van der Waals surface area (Å²) in [5, 5.41) is 8.39. The van der Waals surface area contributed by atoms with Crippen molar-refractivity contribution < 1.29 is 19.1 Å². The van der Waals surface area contributed by atoms with E-state index in [-0.39, 0.29) is 31.2 Å². The van der Waals surface area contributed by atoms with Crippen LogP contribution in [0.15, 0.2) is 24.3 Å². The van der Waals surface area contributed by atoms with Crippen LogP contribution in [0.2, 0.25) is 0 Å². The molecule has 0 unspecified atom stereocenters. The van der Waals surface area contributed by atoms with Gasteiger partial charge in [-0.2, -0.15) is 5.26 Å². The van der Waals surface area contributed by atoms with Crippen LogP contribution in [0.1, 0.15) is 43.5 Å². The number of hydrogen-bond acceptors (Lipinski definition) is 5. The van der Waals surface area contributed by atoms with Gasteiger partial charge in [0.2, 0.25) is 0 Å². The third kappa shape index (κ3) is 4.48. The van der Waals surface area contributed by atoms with Crippen LogP contribution in [0, 0.1) is 11.3 Å². The van der Waals surface area contributed by atoms with E-state index in [1.54, 1.807) is 30.3 Å². The highest BCUT2D eigenvalue weighted by molar-refractivity contribution is 5.89. The minimum Gasteiger partial charge on any atom is -0.484 e. The molecular weight excluding hydrogens is 308 g/mol. The lowest BCUT2D eigenvalue weighted by Crippen LogP contribution is -2.49. The van der Waals surface area contributed by atoms with Crippen LogP contribution < -0.4 is 4.74 Å². The second-order valence-electron chi connectivity index (χ2n) is 5.98. The number of ether oxygens (including phenoxy) is 2. The third-order valence-corrected chi connectivity index (χ3v) is 4.20. The van der Waals surface area contributed by atoms with Crippen LogP contribution in [0.5, 0.6) is 5.75 Å². The number of carbonyl (C=O) groups is 2. The van der Waals surface area contributed by atoms with Gasteiger partial charge in [-0.15, -0.1) is 0 Å². The molecule has 1 aliphatic rings. The fraction of sp³-hybridized carbons (Fsp3) is 0.500. The van der Waals surface area contributed by atoms with Gasteiger partial charge in [0.25, 0.3) is 5.91 Å².